The molecule has 102 valence electrons. The first-order valence-corrected chi connectivity index (χ1v) is 6.98. The molecule has 0 bridgehead atoms. The summed E-state index contributed by atoms with van der Waals surface area (Å²) in [6, 6.07) is -0.189. The maximum Gasteiger partial charge on any atom is 0.325 e. The van der Waals surface area contributed by atoms with E-state index in [-0.39, 0.29) is 17.4 Å². The molecule has 1 saturated heterocycles. The molecule has 1 N–H and O–H groups in total. The molecule has 1 spiro atoms. The van der Waals surface area contributed by atoms with Gasteiger partial charge in [0.15, 0.2) is 0 Å². The third-order valence-electron chi connectivity index (χ3n) is 4.04. The van der Waals surface area contributed by atoms with E-state index in [9.17, 15) is 9.59 Å². The number of nitrogens with one attached hydrogen (secondary N) is 1. The summed E-state index contributed by atoms with van der Waals surface area (Å²) in [5, 5.41) is 2.94. The van der Waals surface area contributed by atoms with Crippen LogP contribution in [0.1, 0.15) is 59.3 Å². The quantitative estimate of drug-likeness (QED) is 0.768. The molecule has 1 saturated carbocycles. The molecule has 0 atom stereocenters. The largest absolute Gasteiger partial charge is 0.325 e. The van der Waals surface area contributed by atoms with Gasteiger partial charge in [0.25, 0.3) is 5.91 Å². The summed E-state index contributed by atoms with van der Waals surface area (Å²) in [7, 11) is 0. The van der Waals surface area contributed by atoms with E-state index in [0.717, 1.165) is 32.1 Å². The molecule has 0 aromatic carbocycles. The molecule has 3 amide bonds. The van der Waals surface area contributed by atoms with Crippen LogP contribution in [0.15, 0.2) is 0 Å². The number of nitrogens with zero attached hydrogens (tertiary/aromatic N) is 1. The zero-order valence-corrected chi connectivity index (χ0v) is 11.7. The highest BCUT2D eigenvalue weighted by Gasteiger charge is 2.51. The fourth-order valence-electron chi connectivity index (χ4n) is 2.82. The third kappa shape index (κ3) is 2.52. The Morgan fingerprint density at radius 3 is 2.33 bits per heavy atom. The lowest BCUT2D eigenvalue weighted by Gasteiger charge is -2.30. The second-order valence-electron chi connectivity index (χ2n) is 6.84. The van der Waals surface area contributed by atoms with Gasteiger partial charge in [0, 0.05) is 6.54 Å². The van der Waals surface area contributed by atoms with Crippen molar-refractivity contribution >= 4 is 11.9 Å². The predicted molar refractivity (Wildman–Crippen MR) is 70.1 cm³/mol. The van der Waals surface area contributed by atoms with Gasteiger partial charge in [-0.2, -0.15) is 0 Å². The number of hydrogen-bond acceptors (Lipinski definition) is 2. The Balaban J connectivity index is 2.05. The van der Waals surface area contributed by atoms with Crippen molar-refractivity contribution in [2.45, 2.75) is 64.8 Å². The van der Waals surface area contributed by atoms with Crippen LogP contribution >= 0.6 is 0 Å². The summed E-state index contributed by atoms with van der Waals surface area (Å²) in [6.45, 7) is 6.92. The minimum atomic E-state index is -0.562. The third-order valence-corrected chi connectivity index (χ3v) is 4.04. The van der Waals surface area contributed by atoms with Crippen molar-refractivity contribution in [2.24, 2.45) is 5.41 Å². The Bertz CT molecular complexity index is 351. The first-order valence-electron chi connectivity index (χ1n) is 6.98. The molecule has 0 aromatic rings. The zero-order chi connectivity index (χ0) is 13.4. The molecule has 4 heteroatoms. The summed E-state index contributed by atoms with van der Waals surface area (Å²) in [4.78, 5) is 25.8. The van der Waals surface area contributed by atoms with E-state index in [1.54, 1.807) is 0 Å². The highest BCUT2D eigenvalue weighted by molar-refractivity contribution is 6.07. The van der Waals surface area contributed by atoms with Gasteiger partial charge in [0.2, 0.25) is 0 Å². The second-order valence-corrected chi connectivity index (χ2v) is 6.84. The minimum Gasteiger partial charge on any atom is -0.323 e. The van der Waals surface area contributed by atoms with Gasteiger partial charge in [0.1, 0.15) is 5.54 Å². The first-order chi connectivity index (χ1) is 8.34. The highest BCUT2D eigenvalue weighted by atomic mass is 16.2. The minimum absolute atomic E-state index is 0.0106. The Morgan fingerprint density at radius 2 is 1.78 bits per heavy atom. The highest BCUT2D eigenvalue weighted by Crippen LogP contribution is 2.34. The SMILES string of the molecule is CC(C)(C)CCN1C(=O)NC2(CCCCC2)C1=O. The van der Waals surface area contributed by atoms with Crippen LogP contribution < -0.4 is 5.32 Å². The maximum absolute atomic E-state index is 12.5. The lowest BCUT2D eigenvalue weighted by Crippen LogP contribution is -2.48. The molecule has 0 radical (unpaired) electrons. The normalized spacial score (nSPS) is 23.6. The van der Waals surface area contributed by atoms with Crippen LogP contribution in [0, 0.1) is 5.41 Å². The van der Waals surface area contributed by atoms with E-state index >= 15 is 0 Å². The van der Waals surface area contributed by atoms with Gasteiger partial charge in [-0.1, -0.05) is 40.0 Å². The molecule has 0 unspecified atom stereocenters. The van der Waals surface area contributed by atoms with E-state index in [1.807, 2.05) is 0 Å². The van der Waals surface area contributed by atoms with Crippen LogP contribution in [0.3, 0.4) is 0 Å². The standard InChI is InChI=1S/C14H24N2O2/c1-13(2,3)9-10-16-11(17)14(15-12(16)18)7-5-4-6-8-14/h4-10H2,1-3H3,(H,15,18). The fraction of sp³-hybridized carbons (Fsp3) is 0.857. The van der Waals surface area contributed by atoms with Crippen molar-refractivity contribution in [1.29, 1.82) is 0 Å². The average molecular weight is 252 g/mol. The van der Waals surface area contributed by atoms with Gasteiger partial charge in [-0.05, 0) is 24.7 Å². The molecule has 1 heterocycles. The van der Waals surface area contributed by atoms with Crippen LogP contribution in [0.2, 0.25) is 0 Å². The van der Waals surface area contributed by atoms with Crippen LogP contribution in [0.5, 0.6) is 0 Å². The smallest absolute Gasteiger partial charge is 0.323 e. The van der Waals surface area contributed by atoms with E-state index < -0.39 is 5.54 Å². The van der Waals surface area contributed by atoms with Gasteiger partial charge in [-0.3, -0.25) is 9.69 Å². The van der Waals surface area contributed by atoms with Crippen molar-refractivity contribution in [3.05, 3.63) is 0 Å². The molecular formula is C14H24N2O2. The van der Waals surface area contributed by atoms with E-state index in [0.29, 0.717) is 6.54 Å². The number of rotatable bonds is 2. The summed E-state index contributed by atoms with van der Waals surface area (Å²) in [5.41, 5.74) is -0.421. The summed E-state index contributed by atoms with van der Waals surface area (Å²) in [6.07, 6.45) is 5.72. The van der Waals surface area contributed by atoms with Crippen molar-refractivity contribution < 1.29 is 9.59 Å². The van der Waals surface area contributed by atoms with Crippen LogP contribution in [0.4, 0.5) is 4.79 Å². The molecule has 4 nitrogen and oxygen atoms in total. The Kier molecular flexibility index (Phi) is 3.39. The zero-order valence-electron chi connectivity index (χ0n) is 11.7. The summed E-state index contributed by atoms with van der Waals surface area (Å²) < 4.78 is 0. The molecule has 18 heavy (non-hydrogen) atoms. The number of carbonyl (C=O) groups is 2. The molecule has 2 aliphatic rings. The molecule has 2 rings (SSSR count). The molecule has 1 aliphatic heterocycles. The Labute approximate surface area is 109 Å². The number of hydrogen-bond donors (Lipinski definition) is 1. The van der Waals surface area contributed by atoms with Crippen molar-refractivity contribution in [3.63, 3.8) is 0 Å². The van der Waals surface area contributed by atoms with Gasteiger partial charge in [-0.15, -0.1) is 0 Å². The van der Waals surface area contributed by atoms with Gasteiger partial charge in [0.05, 0.1) is 0 Å². The van der Waals surface area contributed by atoms with Crippen LogP contribution in [0.25, 0.3) is 0 Å². The first kappa shape index (κ1) is 13.4. The predicted octanol–water partition coefficient (Wildman–Crippen LogP) is 2.68. The van der Waals surface area contributed by atoms with E-state index in [4.69, 9.17) is 0 Å². The lowest BCUT2D eigenvalue weighted by atomic mass is 9.81. The monoisotopic (exact) mass is 252 g/mol. The summed E-state index contributed by atoms with van der Waals surface area (Å²) >= 11 is 0. The Morgan fingerprint density at radius 1 is 1.17 bits per heavy atom. The second kappa shape index (κ2) is 4.56. The number of imide groups is 1. The maximum atomic E-state index is 12.5. The van der Waals surface area contributed by atoms with Crippen molar-refractivity contribution in [3.8, 4) is 0 Å². The van der Waals surface area contributed by atoms with E-state index in [1.165, 1.54) is 11.3 Å². The van der Waals surface area contributed by atoms with Gasteiger partial charge >= 0.3 is 6.03 Å². The number of urea groups is 1. The van der Waals surface area contributed by atoms with Crippen molar-refractivity contribution in [2.75, 3.05) is 6.54 Å². The molecule has 2 fully saturated rings. The number of amides is 3. The summed E-state index contributed by atoms with van der Waals surface area (Å²) in [5.74, 6) is 0.0106. The van der Waals surface area contributed by atoms with Crippen LogP contribution in [-0.4, -0.2) is 28.9 Å². The Hall–Kier alpha value is -1.06. The van der Waals surface area contributed by atoms with Crippen LogP contribution in [-0.2, 0) is 4.79 Å². The van der Waals surface area contributed by atoms with Gasteiger partial charge < -0.3 is 5.32 Å². The molecule has 0 aromatic heterocycles. The lowest BCUT2D eigenvalue weighted by molar-refractivity contribution is -0.132. The molecule has 1 aliphatic carbocycles. The van der Waals surface area contributed by atoms with Gasteiger partial charge in [-0.25, -0.2) is 4.79 Å². The number of carbonyl (C=O) groups excluding carboxylic acids is 2. The average Bonchev–Trinajstić information content (AvgIpc) is 2.49. The molecular weight excluding hydrogens is 228 g/mol. The van der Waals surface area contributed by atoms with Crippen molar-refractivity contribution in [1.82, 2.24) is 10.2 Å². The van der Waals surface area contributed by atoms with E-state index in [2.05, 4.69) is 26.1 Å². The fourth-order valence-corrected chi connectivity index (χ4v) is 2.82. The topological polar surface area (TPSA) is 49.4 Å².